The van der Waals surface area contributed by atoms with Gasteiger partial charge < -0.3 is 19.9 Å². The summed E-state index contributed by atoms with van der Waals surface area (Å²) in [6.07, 6.45) is 2.39. The van der Waals surface area contributed by atoms with Crippen molar-refractivity contribution >= 4 is 40.1 Å². The molecule has 4 aromatic rings. The molecule has 33 heavy (non-hydrogen) atoms. The minimum absolute atomic E-state index is 0.0922. The van der Waals surface area contributed by atoms with E-state index < -0.39 is 5.82 Å². The number of benzene rings is 1. The number of ether oxygens (including phenoxy) is 1. The molecule has 1 aliphatic carbocycles. The van der Waals surface area contributed by atoms with Gasteiger partial charge in [0.15, 0.2) is 17.4 Å². The van der Waals surface area contributed by atoms with Crippen molar-refractivity contribution in [3.63, 3.8) is 0 Å². The van der Waals surface area contributed by atoms with Gasteiger partial charge in [0.2, 0.25) is 0 Å². The molecule has 2 aliphatic rings. The van der Waals surface area contributed by atoms with E-state index in [1.165, 1.54) is 12.8 Å². The predicted molar refractivity (Wildman–Crippen MR) is 128 cm³/mol. The fraction of sp³-hybridized carbons (Fsp3) is 0.348. The van der Waals surface area contributed by atoms with E-state index in [2.05, 4.69) is 35.4 Å². The van der Waals surface area contributed by atoms with Crippen LogP contribution in [0.1, 0.15) is 30.1 Å². The molecule has 10 heteroatoms. The Morgan fingerprint density at radius 3 is 2.79 bits per heavy atom. The number of nitrogens with zero attached hydrogens (tertiary/aromatic N) is 4. The van der Waals surface area contributed by atoms with Crippen molar-refractivity contribution in [2.24, 2.45) is 0 Å². The number of nitrogens with one attached hydrogen (secondary N) is 3. The third-order valence-corrected chi connectivity index (χ3v) is 6.88. The summed E-state index contributed by atoms with van der Waals surface area (Å²) in [5, 5.41) is 11.2. The number of aromatic amines is 2. The molecular weight excluding hydrogens is 441 g/mol. The maximum absolute atomic E-state index is 15.1. The van der Waals surface area contributed by atoms with Crippen LogP contribution >= 0.6 is 11.8 Å². The first-order chi connectivity index (χ1) is 16.1. The van der Waals surface area contributed by atoms with Crippen molar-refractivity contribution in [1.82, 2.24) is 25.1 Å². The molecular formula is C23H24FN7OS. The van der Waals surface area contributed by atoms with Crippen molar-refractivity contribution in [3.8, 4) is 11.8 Å². The molecule has 1 aromatic carbocycles. The van der Waals surface area contributed by atoms with Crippen molar-refractivity contribution in [3.05, 3.63) is 47.5 Å². The summed E-state index contributed by atoms with van der Waals surface area (Å²) in [6, 6.07) is 9.17. The molecule has 0 bridgehead atoms. The fourth-order valence-corrected chi connectivity index (χ4v) is 4.98. The zero-order valence-corrected chi connectivity index (χ0v) is 19.0. The van der Waals surface area contributed by atoms with Gasteiger partial charge >= 0.3 is 6.01 Å². The van der Waals surface area contributed by atoms with Crippen molar-refractivity contribution in [2.45, 2.75) is 25.7 Å². The lowest BCUT2D eigenvalue weighted by Crippen LogP contribution is -2.33. The number of aromatic nitrogens is 5. The Morgan fingerprint density at radius 1 is 1.12 bits per heavy atom. The van der Waals surface area contributed by atoms with Crippen LogP contribution in [0.2, 0.25) is 0 Å². The zero-order chi connectivity index (χ0) is 22.4. The average molecular weight is 466 g/mol. The second kappa shape index (κ2) is 8.26. The molecule has 1 saturated carbocycles. The molecule has 0 amide bonds. The van der Waals surface area contributed by atoms with Gasteiger partial charge in [-0.15, -0.1) is 0 Å². The van der Waals surface area contributed by atoms with Gasteiger partial charge in [-0.3, -0.25) is 5.10 Å². The molecule has 3 aromatic heterocycles. The lowest BCUT2D eigenvalue weighted by molar-refractivity contribution is 0.414. The smallest absolute Gasteiger partial charge is 0.326 e. The first-order valence-corrected chi connectivity index (χ1v) is 12.3. The number of aryl methyl sites for hydroxylation is 1. The molecule has 3 N–H and O–H groups in total. The second-order valence-corrected chi connectivity index (χ2v) is 9.72. The van der Waals surface area contributed by atoms with Crippen molar-refractivity contribution in [2.75, 3.05) is 34.8 Å². The van der Waals surface area contributed by atoms with E-state index in [0.717, 1.165) is 47.3 Å². The summed E-state index contributed by atoms with van der Waals surface area (Å²) in [4.78, 5) is 14.5. The minimum atomic E-state index is -0.434. The van der Waals surface area contributed by atoms with Crippen LogP contribution in [0, 0.1) is 12.7 Å². The number of rotatable bonds is 6. The highest BCUT2D eigenvalue weighted by molar-refractivity contribution is 7.99. The van der Waals surface area contributed by atoms with Crippen LogP contribution in [0.3, 0.4) is 0 Å². The first kappa shape index (κ1) is 20.3. The van der Waals surface area contributed by atoms with Crippen molar-refractivity contribution < 1.29 is 9.13 Å². The van der Waals surface area contributed by atoms with Gasteiger partial charge in [0.25, 0.3) is 0 Å². The number of thioether (sulfide) groups is 1. The molecule has 0 atom stereocenters. The summed E-state index contributed by atoms with van der Waals surface area (Å²) in [7, 11) is 0. The Kier molecular flexibility index (Phi) is 5.09. The predicted octanol–water partition coefficient (Wildman–Crippen LogP) is 5.10. The number of hydrogen-bond acceptors (Lipinski definition) is 7. The quantitative estimate of drug-likeness (QED) is 0.365. The molecule has 170 valence electrons. The lowest BCUT2D eigenvalue weighted by Gasteiger charge is -2.27. The van der Waals surface area contributed by atoms with E-state index in [4.69, 9.17) is 4.74 Å². The zero-order valence-electron chi connectivity index (χ0n) is 18.2. The summed E-state index contributed by atoms with van der Waals surface area (Å²) in [5.41, 5.74) is 2.75. The summed E-state index contributed by atoms with van der Waals surface area (Å²) < 4.78 is 21.0. The standard InChI is InChI=1S/C23H24FN7OS/c1-13-10-15-16(25-13)4-5-18(22(15)24)32-23-27-19(12-21(28-23)31-6-8-33-9-7-31)26-20-11-17(29-30-20)14-2-3-14/h4-5,10-12,14,25H,2-3,6-9H2,1H3,(H2,26,27,28,29,30). The number of anilines is 3. The highest BCUT2D eigenvalue weighted by Crippen LogP contribution is 2.40. The minimum Gasteiger partial charge on any atom is -0.421 e. The number of H-pyrrole nitrogens is 2. The third-order valence-electron chi connectivity index (χ3n) is 5.94. The SMILES string of the molecule is Cc1cc2c(F)c(Oc3nc(Nc4cc(C5CC5)[nH]n4)cc(N4CCSCC4)n3)ccc2[nH]1. The van der Waals surface area contributed by atoms with Crippen molar-refractivity contribution in [1.29, 1.82) is 0 Å². The van der Waals surface area contributed by atoms with Gasteiger partial charge in [-0.1, -0.05) is 0 Å². The average Bonchev–Trinajstić information content (AvgIpc) is 3.45. The maximum atomic E-state index is 15.1. The maximum Gasteiger partial charge on any atom is 0.326 e. The number of halogens is 1. The van der Waals surface area contributed by atoms with Crippen LogP contribution in [0.25, 0.3) is 10.9 Å². The van der Waals surface area contributed by atoms with Crippen LogP contribution in [0.15, 0.2) is 30.3 Å². The summed E-state index contributed by atoms with van der Waals surface area (Å²) in [6.45, 7) is 3.67. The van der Waals surface area contributed by atoms with E-state index in [1.807, 2.05) is 30.8 Å². The topological polar surface area (TPSA) is 94.8 Å². The molecule has 6 rings (SSSR count). The molecule has 2 fully saturated rings. The highest BCUT2D eigenvalue weighted by Gasteiger charge is 2.26. The largest absolute Gasteiger partial charge is 0.421 e. The highest BCUT2D eigenvalue weighted by atomic mass is 32.2. The molecule has 1 saturated heterocycles. The van der Waals surface area contributed by atoms with Crippen LogP contribution in [-0.4, -0.2) is 49.7 Å². The first-order valence-electron chi connectivity index (χ1n) is 11.1. The van der Waals surface area contributed by atoms with Crippen LogP contribution in [0.4, 0.5) is 21.8 Å². The molecule has 0 unspecified atom stereocenters. The Morgan fingerprint density at radius 2 is 1.97 bits per heavy atom. The second-order valence-electron chi connectivity index (χ2n) is 8.49. The molecule has 0 spiro atoms. The van der Waals surface area contributed by atoms with Gasteiger partial charge in [-0.25, -0.2) is 4.39 Å². The van der Waals surface area contributed by atoms with Gasteiger partial charge in [0.05, 0.1) is 0 Å². The molecule has 0 radical (unpaired) electrons. The van der Waals surface area contributed by atoms with Gasteiger partial charge in [-0.05, 0) is 38.0 Å². The third kappa shape index (κ3) is 4.22. The number of fused-ring (bicyclic) bond motifs is 1. The Balaban J connectivity index is 1.33. The van der Waals surface area contributed by atoms with Crippen LogP contribution in [-0.2, 0) is 0 Å². The van der Waals surface area contributed by atoms with Gasteiger partial charge in [0, 0.05) is 64.9 Å². The molecule has 1 aliphatic heterocycles. The van der Waals surface area contributed by atoms with Gasteiger partial charge in [-0.2, -0.15) is 26.8 Å². The van der Waals surface area contributed by atoms with Crippen LogP contribution in [0.5, 0.6) is 11.8 Å². The Labute approximate surface area is 194 Å². The van der Waals surface area contributed by atoms with E-state index in [0.29, 0.717) is 22.9 Å². The summed E-state index contributed by atoms with van der Waals surface area (Å²) >= 11 is 1.92. The van der Waals surface area contributed by atoms with E-state index in [1.54, 1.807) is 18.2 Å². The number of hydrogen-bond donors (Lipinski definition) is 3. The van der Waals surface area contributed by atoms with Crippen LogP contribution < -0.4 is 15.0 Å². The molecule has 8 nitrogen and oxygen atoms in total. The fourth-order valence-electron chi connectivity index (χ4n) is 4.08. The lowest BCUT2D eigenvalue weighted by atomic mass is 10.2. The van der Waals surface area contributed by atoms with E-state index in [9.17, 15) is 0 Å². The normalized spacial score (nSPS) is 16.4. The molecule has 4 heterocycles. The Hall–Kier alpha value is -3.27. The van der Waals surface area contributed by atoms with E-state index >= 15 is 4.39 Å². The Bertz CT molecular complexity index is 1310. The summed E-state index contributed by atoms with van der Waals surface area (Å²) in [5.74, 6) is 4.30. The monoisotopic (exact) mass is 465 g/mol. The van der Waals surface area contributed by atoms with E-state index in [-0.39, 0.29) is 11.8 Å². The van der Waals surface area contributed by atoms with Gasteiger partial charge in [0.1, 0.15) is 11.6 Å².